The van der Waals surface area contributed by atoms with Gasteiger partial charge in [-0.15, -0.1) is 0 Å². The smallest absolute Gasteiger partial charge is 0.459 e. The fourth-order valence-electron chi connectivity index (χ4n) is 4.65. The van der Waals surface area contributed by atoms with Crippen molar-refractivity contribution in [1.82, 2.24) is 14.6 Å². The van der Waals surface area contributed by atoms with Crippen molar-refractivity contribution in [3.05, 3.63) is 63.4 Å². The molecule has 4 rings (SSSR count). The van der Waals surface area contributed by atoms with Crippen LogP contribution >= 0.6 is 7.75 Å². The second-order valence-electron chi connectivity index (χ2n) is 9.91. The Hall–Kier alpha value is -2.87. The molecule has 13 nitrogen and oxygen atoms in total. The van der Waals surface area contributed by atoms with Crippen molar-refractivity contribution < 1.29 is 37.4 Å². The average molecular weight is 585 g/mol. The molecule has 5 N–H and O–H groups in total. The molecule has 1 saturated carbocycles. The van der Waals surface area contributed by atoms with Crippen molar-refractivity contribution >= 4 is 13.7 Å². The van der Waals surface area contributed by atoms with Gasteiger partial charge in [-0.3, -0.25) is 23.7 Å². The summed E-state index contributed by atoms with van der Waals surface area (Å²) in [7, 11) is -4.40. The molecular weight excluding hydrogens is 550 g/mol. The van der Waals surface area contributed by atoms with Crippen molar-refractivity contribution in [3.63, 3.8) is 0 Å². The summed E-state index contributed by atoms with van der Waals surface area (Å²) in [6.45, 7) is 0.181. The van der Waals surface area contributed by atoms with Crippen LogP contribution in [0.15, 0.2) is 52.2 Å². The third kappa shape index (κ3) is 6.88. The van der Waals surface area contributed by atoms with Crippen LogP contribution in [0.25, 0.3) is 0 Å². The highest BCUT2D eigenvalue weighted by molar-refractivity contribution is 7.52. The number of nitrogens with two attached hydrogens (primary N) is 1. The Morgan fingerprint density at radius 2 is 1.98 bits per heavy atom. The summed E-state index contributed by atoms with van der Waals surface area (Å²) in [6.07, 6.45) is -0.517. The summed E-state index contributed by atoms with van der Waals surface area (Å²) < 4.78 is 52.4. The molecule has 1 aromatic heterocycles. The van der Waals surface area contributed by atoms with Crippen LogP contribution in [0.5, 0.6) is 5.75 Å². The van der Waals surface area contributed by atoms with Gasteiger partial charge in [-0.2, -0.15) is 5.09 Å². The maximum absolute atomic E-state index is 15.2. The van der Waals surface area contributed by atoms with Crippen molar-refractivity contribution in [2.24, 2.45) is 5.73 Å². The highest BCUT2D eigenvalue weighted by atomic mass is 31.2. The van der Waals surface area contributed by atoms with Crippen LogP contribution in [0, 0.1) is 0 Å². The van der Waals surface area contributed by atoms with E-state index < -0.39 is 68.3 Å². The van der Waals surface area contributed by atoms with Crippen LogP contribution in [0.4, 0.5) is 4.39 Å². The molecule has 220 valence electrons. The number of benzene rings is 1. The molecule has 0 amide bonds. The number of hydrogen-bond donors (Lipinski definition) is 4. The molecule has 6 atom stereocenters. The summed E-state index contributed by atoms with van der Waals surface area (Å²) in [5.41, 5.74) is 2.22. The number of rotatable bonds is 11. The number of halogens is 1. The van der Waals surface area contributed by atoms with Crippen LogP contribution in [-0.4, -0.2) is 63.8 Å². The molecule has 1 aliphatic heterocycles. The summed E-state index contributed by atoms with van der Waals surface area (Å²) in [5, 5.41) is 13.3. The number of H-pyrrole nitrogens is 1. The molecule has 2 aromatic rings. The van der Waals surface area contributed by atoms with E-state index >= 15 is 4.39 Å². The lowest BCUT2D eigenvalue weighted by atomic mass is 9.97. The number of carbonyl (C=O) groups is 1. The van der Waals surface area contributed by atoms with E-state index in [2.05, 4.69) is 5.09 Å². The first kappa shape index (κ1) is 30.1. The quantitative estimate of drug-likeness (QED) is 0.222. The molecule has 2 heterocycles. The predicted octanol–water partition coefficient (Wildman–Crippen LogP) is 1.52. The molecule has 1 aromatic carbocycles. The lowest BCUT2D eigenvalue weighted by Crippen LogP contribution is -2.52. The molecular formula is C25H34FN4O9P. The second-order valence-corrected chi connectivity index (χ2v) is 11.6. The minimum absolute atomic E-state index is 0.141. The maximum Gasteiger partial charge on any atom is 0.459 e. The zero-order valence-electron chi connectivity index (χ0n) is 21.9. The lowest BCUT2D eigenvalue weighted by Gasteiger charge is -2.32. The number of aliphatic hydroxyl groups excluding tert-OH is 1. The number of carbonyl (C=O) groups excluding carboxylic acids is 1. The fraction of sp³-hybridized carbons (Fsp3) is 0.560. The van der Waals surface area contributed by atoms with Crippen molar-refractivity contribution in [3.8, 4) is 5.75 Å². The van der Waals surface area contributed by atoms with Crippen LogP contribution in [-0.2, 0) is 23.4 Å². The first-order valence-corrected chi connectivity index (χ1v) is 14.6. The topological polar surface area (TPSA) is 184 Å². The summed E-state index contributed by atoms with van der Waals surface area (Å²) in [6, 6.07) is 7.86. The highest BCUT2D eigenvalue weighted by Gasteiger charge is 2.56. The van der Waals surface area contributed by atoms with Crippen molar-refractivity contribution in [1.29, 1.82) is 0 Å². The number of para-hydroxylation sites is 1. The van der Waals surface area contributed by atoms with Gasteiger partial charge in [0.2, 0.25) is 0 Å². The molecule has 1 aliphatic carbocycles. The minimum atomic E-state index is -4.40. The molecule has 0 radical (unpaired) electrons. The normalized spacial score (nSPS) is 27.6. The van der Waals surface area contributed by atoms with Gasteiger partial charge < -0.3 is 24.8 Å². The van der Waals surface area contributed by atoms with E-state index in [1.807, 2.05) is 4.98 Å². The van der Waals surface area contributed by atoms with Crippen molar-refractivity contribution in [2.75, 3.05) is 13.2 Å². The Balaban J connectivity index is 1.53. The second kappa shape index (κ2) is 12.8. The van der Waals surface area contributed by atoms with Gasteiger partial charge in [-0.1, -0.05) is 24.6 Å². The van der Waals surface area contributed by atoms with E-state index in [4.69, 9.17) is 24.3 Å². The SMILES string of the molecule is CC(NP(=O)(OC[C@@]1(CN)O[C@@H](n2ccc(=O)[nH]c2=O)[C@H](F)[C@@H]1O)Oc1ccccc1)C(=O)OC1CCCCC1. The van der Waals surface area contributed by atoms with Gasteiger partial charge in [0.25, 0.3) is 5.56 Å². The average Bonchev–Trinajstić information content (AvgIpc) is 3.18. The van der Waals surface area contributed by atoms with Crippen LogP contribution in [0.2, 0.25) is 0 Å². The van der Waals surface area contributed by atoms with Gasteiger partial charge in [0, 0.05) is 18.8 Å². The number of aliphatic hydroxyl groups is 1. The third-order valence-corrected chi connectivity index (χ3v) is 8.55. The molecule has 0 spiro atoms. The van der Waals surface area contributed by atoms with Gasteiger partial charge in [-0.05, 0) is 44.7 Å². The molecule has 2 aliphatic rings. The number of aromatic amines is 1. The Kier molecular flexibility index (Phi) is 9.60. The first-order chi connectivity index (χ1) is 19.1. The first-order valence-electron chi connectivity index (χ1n) is 13.0. The number of hydrogen-bond acceptors (Lipinski definition) is 10. The van der Waals surface area contributed by atoms with E-state index in [0.717, 1.165) is 48.9 Å². The number of nitrogens with one attached hydrogen (secondary N) is 2. The third-order valence-electron chi connectivity index (χ3n) is 6.93. The Morgan fingerprint density at radius 1 is 1.27 bits per heavy atom. The fourth-order valence-corrected chi connectivity index (χ4v) is 6.20. The Bertz CT molecular complexity index is 1320. The largest absolute Gasteiger partial charge is 0.461 e. The number of ether oxygens (including phenoxy) is 2. The predicted molar refractivity (Wildman–Crippen MR) is 140 cm³/mol. The Labute approximate surface area is 229 Å². The number of esters is 1. The summed E-state index contributed by atoms with van der Waals surface area (Å²) in [5.74, 6) is -0.513. The number of alkyl halides is 1. The van der Waals surface area contributed by atoms with Gasteiger partial charge in [0.05, 0.1) is 6.61 Å². The highest BCUT2D eigenvalue weighted by Crippen LogP contribution is 2.48. The van der Waals surface area contributed by atoms with E-state index in [9.17, 15) is 24.1 Å². The van der Waals surface area contributed by atoms with Crippen molar-refractivity contribution in [2.45, 2.75) is 75.3 Å². The standard InChI is InChI=1S/C25H34FN4O9P/c1-16(23(33)37-17-8-4-2-5-9-17)29-40(35,39-18-10-6-3-7-11-18)36-15-25(14-27)21(32)20(26)22(38-25)30-13-12-19(31)28-24(30)34/h3,6-7,10-13,16-17,20-22,32H,2,4-5,8-9,14-15,27H2,1H3,(H,29,35)(H,28,31,34)/t16?,20-,21+,22-,25-,40?/m1/s1. The minimum Gasteiger partial charge on any atom is -0.461 e. The molecule has 40 heavy (non-hydrogen) atoms. The molecule has 1 saturated heterocycles. The van der Waals surface area contributed by atoms with Gasteiger partial charge >= 0.3 is 19.4 Å². The lowest BCUT2D eigenvalue weighted by molar-refractivity contribution is -0.152. The monoisotopic (exact) mass is 584 g/mol. The van der Waals surface area contributed by atoms with E-state index in [1.165, 1.54) is 19.1 Å². The maximum atomic E-state index is 15.2. The summed E-state index contributed by atoms with van der Waals surface area (Å²) >= 11 is 0. The number of nitrogens with zero attached hydrogens (tertiary/aromatic N) is 1. The molecule has 0 bridgehead atoms. The molecule has 15 heteroatoms. The van der Waals surface area contributed by atoms with Crippen LogP contribution < -0.4 is 26.6 Å². The molecule has 2 fully saturated rings. The zero-order chi connectivity index (χ0) is 28.9. The summed E-state index contributed by atoms with van der Waals surface area (Å²) in [4.78, 5) is 38.4. The van der Waals surface area contributed by atoms with Gasteiger partial charge in [-0.25, -0.2) is 13.8 Å². The Morgan fingerprint density at radius 3 is 2.62 bits per heavy atom. The number of aromatic nitrogens is 2. The van der Waals surface area contributed by atoms with Crippen LogP contribution in [0.1, 0.15) is 45.3 Å². The van der Waals surface area contributed by atoms with Crippen LogP contribution in [0.3, 0.4) is 0 Å². The van der Waals surface area contributed by atoms with E-state index in [0.29, 0.717) is 0 Å². The molecule has 2 unspecified atom stereocenters. The van der Waals surface area contributed by atoms with Gasteiger partial charge in [0.1, 0.15) is 29.6 Å². The van der Waals surface area contributed by atoms with E-state index in [-0.39, 0.29) is 11.9 Å². The van der Waals surface area contributed by atoms with E-state index in [1.54, 1.807) is 18.2 Å². The van der Waals surface area contributed by atoms with Gasteiger partial charge in [0.15, 0.2) is 12.4 Å². The zero-order valence-corrected chi connectivity index (χ0v) is 22.8.